The van der Waals surface area contributed by atoms with E-state index in [0.29, 0.717) is 6.42 Å². The molecule has 3 heteroatoms. The first-order valence-electron chi connectivity index (χ1n) is 4.46. The van der Waals surface area contributed by atoms with Crippen LogP contribution in [0, 0.1) is 0 Å². The number of aryl methyl sites for hydroxylation is 1. The van der Waals surface area contributed by atoms with Crippen molar-refractivity contribution in [2.45, 2.75) is 19.0 Å². The number of imidazole rings is 1. The molecule has 0 saturated heterocycles. The minimum Gasteiger partial charge on any atom is -0.301 e. The molecule has 1 aliphatic rings. The maximum Gasteiger partial charge on any atom is 0.143 e. The Bertz CT molecular complexity index is 461. The van der Waals surface area contributed by atoms with Crippen molar-refractivity contribution >= 4 is 5.65 Å². The monoisotopic (exact) mass is 176 g/mol. The van der Waals surface area contributed by atoms with Gasteiger partial charge in [0, 0.05) is 6.20 Å². The lowest BCUT2D eigenvalue weighted by atomic mass is 10.3. The van der Waals surface area contributed by atoms with Crippen molar-refractivity contribution in [1.29, 1.82) is 0 Å². The Balaban J connectivity index is 2.40. The number of rotatable bonds is 0. The van der Waals surface area contributed by atoms with E-state index in [-0.39, 0.29) is 0 Å². The third-order valence-corrected chi connectivity index (χ3v) is 2.57. The molecule has 13 heavy (non-hydrogen) atoms. The number of fused-ring (bicyclic) bond motifs is 3. The van der Waals surface area contributed by atoms with Crippen LogP contribution in [0.5, 0.6) is 0 Å². The van der Waals surface area contributed by atoms with E-state index in [1.807, 2.05) is 28.8 Å². The highest BCUT2D eigenvalue weighted by atomic mass is 19.1. The molecule has 1 unspecified atom stereocenters. The summed E-state index contributed by atoms with van der Waals surface area (Å²) in [6.45, 7) is 0. The van der Waals surface area contributed by atoms with Gasteiger partial charge in [-0.25, -0.2) is 9.37 Å². The van der Waals surface area contributed by atoms with Crippen LogP contribution in [0.4, 0.5) is 4.39 Å². The van der Waals surface area contributed by atoms with Crippen molar-refractivity contribution in [3.8, 4) is 0 Å². The fourth-order valence-corrected chi connectivity index (χ4v) is 1.98. The van der Waals surface area contributed by atoms with E-state index in [9.17, 15) is 4.39 Å². The van der Waals surface area contributed by atoms with Crippen LogP contribution >= 0.6 is 0 Å². The third kappa shape index (κ3) is 0.842. The molecule has 0 aliphatic heterocycles. The van der Waals surface area contributed by atoms with Gasteiger partial charge in [0.05, 0.1) is 11.4 Å². The molecule has 0 spiro atoms. The summed E-state index contributed by atoms with van der Waals surface area (Å²) in [6, 6.07) is 5.73. The maximum absolute atomic E-state index is 13.4. The van der Waals surface area contributed by atoms with Crippen molar-refractivity contribution in [3.63, 3.8) is 0 Å². The minimum atomic E-state index is -0.826. The zero-order valence-corrected chi connectivity index (χ0v) is 7.07. The van der Waals surface area contributed by atoms with Crippen molar-refractivity contribution < 1.29 is 4.39 Å². The van der Waals surface area contributed by atoms with Crippen LogP contribution in [0.1, 0.15) is 24.0 Å². The van der Waals surface area contributed by atoms with Crippen molar-refractivity contribution in [2.75, 3.05) is 0 Å². The van der Waals surface area contributed by atoms with Crippen molar-refractivity contribution in [3.05, 3.63) is 35.8 Å². The molecule has 0 fully saturated rings. The van der Waals surface area contributed by atoms with Gasteiger partial charge in [-0.2, -0.15) is 0 Å². The van der Waals surface area contributed by atoms with E-state index in [2.05, 4.69) is 4.98 Å². The first kappa shape index (κ1) is 7.06. The molecule has 0 radical (unpaired) electrons. The minimum absolute atomic E-state index is 0.593. The molecule has 0 bridgehead atoms. The normalized spacial score (nSPS) is 20.8. The Morgan fingerprint density at radius 1 is 1.46 bits per heavy atom. The summed E-state index contributed by atoms with van der Waals surface area (Å²) in [6.07, 6.45) is 2.42. The quantitative estimate of drug-likeness (QED) is 0.602. The Morgan fingerprint density at radius 2 is 2.38 bits per heavy atom. The number of hydrogen-bond acceptors (Lipinski definition) is 1. The van der Waals surface area contributed by atoms with Gasteiger partial charge in [0.15, 0.2) is 0 Å². The summed E-state index contributed by atoms with van der Waals surface area (Å²) in [7, 11) is 0. The molecule has 2 aromatic rings. The van der Waals surface area contributed by atoms with Gasteiger partial charge in [-0.05, 0) is 25.0 Å². The Labute approximate surface area is 75.0 Å². The van der Waals surface area contributed by atoms with Crippen LogP contribution in [0.2, 0.25) is 0 Å². The standard InChI is InChI=1S/C10H9FN2/c11-7-4-5-8-10(7)13-6-2-1-3-9(13)12-8/h1-3,6-7H,4-5H2. The van der Waals surface area contributed by atoms with Gasteiger partial charge in [0.1, 0.15) is 11.8 Å². The molecule has 2 aromatic heterocycles. The van der Waals surface area contributed by atoms with Crippen LogP contribution in [0.15, 0.2) is 24.4 Å². The number of alkyl halides is 1. The molecular weight excluding hydrogens is 167 g/mol. The van der Waals surface area contributed by atoms with Gasteiger partial charge < -0.3 is 4.40 Å². The van der Waals surface area contributed by atoms with E-state index < -0.39 is 6.17 Å². The summed E-state index contributed by atoms with van der Waals surface area (Å²) in [5.74, 6) is 0. The van der Waals surface area contributed by atoms with Crippen molar-refractivity contribution in [2.24, 2.45) is 0 Å². The zero-order valence-electron chi connectivity index (χ0n) is 7.07. The van der Waals surface area contributed by atoms with E-state index in [0.717, 1.165) is 23.5 Å². The van der Waals surface area contributed by atoms with Crippen LogP contribution in [0.3, 0.4) is 0 Å². The number of aromatic nitrogens is 2. The van der Waals surface area contributed by atoms with Crippen molar-refractivity contribution in [1.82, 2.24) is 9.38 Å². The first-order chi connectivity index (χ1) is 6.36. The highest BCUT2D eigenvalue weighted by molar-refractivity contribution is 5.45. The highest BCUT2D eigenvalue weighted by Gasteiger charge is 2.27. The van der Waals surface area contributed by atoms with Gasteiger partial charge in [-0.15, -0.1) is 0 Å². The van der Waals surface area contributed by atoms with Gasteiger partial charge >= 0.3 is 0 Å². The second kappa shape index (κ2) is 2.31. The lowest BCUT2D eigenvalue weighted by Gasteiger charge is -2.00. The average molecular weight is 176 g/mol. The fraction of sp³-hybridized carbons (Fsp3) is 0.300. The molecular formula is C10H9FN2. The van der Waals surface area contributed by atoms with Gasteiger partial charge in [0.2, 0.25) is 0 Å². The van der Waals surface area contributed by atoms with E-state index in [1.54, 1.807) is 0 Å². The first-order valence-corrected chi connectivity index (χ1v) is 4.46. The lowest BCUT2D eigenvalue weighted by molar-refractivity contribution is 0.335. The van der Waals surface area contributed by atoms with Crippen LogP contribution in [0.25, 0.3) is 5.65 Å². The second-order valence-electron chi connectivity index (χ2n) is 3.38. The van der Waals surface area contributed by atoms with Gasteiger partial charge in [0.25, 0.3) is 0 Å². The Morgan fingerprint density at radius 3 is 3.31 bits per heavy atom. The largest absolute Gasteiger partial charge is 0.301 e. The average Bonchev–Trinajstić information content (AvgIpc) is 2.66. The van der Waals surface area contributed by atoms with Crippen LogP contribution in [-0.4, -0.2) is 9.38 Å². The SMILES string of the molecule is FC1CCc2nc3ccccn3c21. The Hall–Kier alpha value is -1.38. The second-order valence-corrected chi connectivity index (χ2v) is 3.38. The third-order valence-electron chi connectivity index (χ3n) is 2.57. The van der Waals surface area contributed by atoms with E-state index >= 15 is 0 Å². The number of hydrogen-bond donors (Lipinski definition) is 0. The molecule has 1 aliphatic carbocycles. The fourth-order valence-electron chi connectivity index (χ4n) is 1.98. The topological polar surface area (TPSA) is 17.3 Å². The summed E-state index contributed by atoms with van der Waals surface area (Å²) in [4.78, 5) is 4.37. The molecule has 1 atom stereocenters. The predicted octanol–water partition coefficient (Wildman–Crippen LogP) is 2.29. The van der Waals surface area contributed by atoms with Gasteiger partial charge in [-0.1, -0.05) is 6.07 Å². The molecule has 2 heterocycles. The van der Waals surface area contributed by atoms with Gasteiger partial charge in [-0.3, -0.25) is 0 Å². The molecule has 66 valence electrons. The molecule has 3 rings (SSSR count). The maximum atomic E-state index is 13.4. The smallest absolute Gasteiger partial charge is 0.143 e. The molecule has 2 nitrogen and oxygen atoms in total. The zero-order chi connectivity index (χ0) is 8.84. The summed E-state index contributed by atoms with van der Waals surface area (Å²) in [5.41, 5.74) is 2.55. The number of halogens is 1. The Kier molecular flexibility index (Phi) is 1.26. The lowest BCUT2D eigenvalue weighted by Crippen LogP contribution is -1.92. The highest BCUT2D eigenvalue weighted by Crippen LogP contribution is 2.33. The molecule has 0 aromatic carbocycles. The summed E-state index contributed by atoms with van der Waals surface area (Å²) >= 11 is 0. The molecule has 0 amide bonds. The number of pyridine rings is 1. The molecule has 0 N–H and O–H groups in total. The summed E-state index contributed by atoms with van der Waals surface area (Å²) < 4.78 is 15.3. The summed E-state index contributed by atoms with van der Waals surface area (Å²) in [5, 5.41) is 0. The van der Waals surface area contributed by atoms with E-state index in [4.69, 9.17) is 0 Å². The molecule has 0 saturated carbocycles. The van der Waals surface area contributed by atoms with Crippen LogP contribution < -0.4 is 0 Å². The van der Waals surface area contributed by atoms with Crippen LogP contribution in [-0.2, 0) is 6.42 Å². The number of nitrogens with zero attached hydrogens (tertiary/aromatic N) is 2. The van der Waals surface area contributed by atoms with E-state index in [1.165, 1.54) is 0 Å². The predicted molar refractivity (Wildman–Crippen MR) is 47.4 cm³/mol.